The van der Waals surface area contributed by atoms with E-state index in [4.69, 9.17) is 0 Å². The van der Waals surface area contributed by atoms with E-state index in [1.807, 2.05) is 36.4 Å². The maximum atomic E-state index is 11.9. The molecule has 0 spiro atoms. The monoisotopic (exact) mass is 363 g/mol. The topological polar surface area (TPSA) is 64.0 Å². The molecule has 100 valence electrons. The molecule has 0 aromatic carbocycles. The fourth-order valence-electron chi connectivity index (χ4n) is 1.65. The van der Waals surface area contributed by atoms with Gasteiger partial charge >= 0.3 is 0 Å². The fourth-order valence-corrected chi connectivity index (χ4v) is 2.08. The molecule has 0 saturated heterocycles. The molecule has 1 N–H and O–H groups in total. The Hall–Kier alpha value is -0.920. The molecule has 1 amide bonds. The number of aromatic nitrogens is 2. The predicted molar refractivity (Wildman–Crippen MR) is 78.5 cm³/mol. The second-order valence-corrected chi connectivity index (χ2v) is 5.29. The number of hydrogen-bond acceptors (Lipinski definition) is 3. The van der Waals surface area contributed by atoms with Gasteiger partial charge in [-0.1, -0.05) is 13.8 Å². The summed E-state index contributed by atoms with van der Waals surface area (Å²) in [5, 5.41) is 2.91. The largest absolute Gasteiger partial charge is 0.352 e. The van der Waals surface area contributed by atoms with Crippen molar-refractivity contribution in [3.63, 3.8) is 0 Å². The van der Waals surface area contributed by atoms with Gasteiger partial charge in [0, 0.05) is 12.2 Å². The van der Waals surface area contributed by atoms with Crippen molar-refractivity contribution in [2.24, 2.45) is 0 Å². The number of nitrogens with zero attached hydrogens (tertiary/aromatic N) is 2. The van der Waals surface area contributed by atoms with Crippen LogP contribution in [0, 0.1) is 10.5 Å². The first-order chi connectivity index (χ1) is 8.49. The van der Waals surface area contributed by atoms with Gasteiger partial charge in [0.15, 0.2) is 0 Å². The standard InChI is InChI=1S/C12H18IN3O2/c1-4-9(5-2)15-11(17)7-16-8(3)14-6-10(13)12(16)18/h6,9H,4-5,7H2,1-3H3,(H,15,17). The third kappa shape index (κ3) is 3.79. The van der Waals surface area contributed by atoms with E-state index >= 15 is 0 Å². The Balaban J connectivity index is 2.82. The molecule has 0 radical (unpaired) electrons. The van der Waals surface area contributed by atoms with E-state index in [9.17, 15) is 9.59 Å². The smallest absolute Gasteiger partial charge is 0.267 e. The first-order valence-corrected chi connectivity index (χ1v) is 7.08. The van der Waals surface area contributed by atoms with Crippen LogP contribution >= 0.6 is 22.6 Å². The van der Waals surface area contributed by atoms with Gasteiger partial charge in [-0.25, -0.2) is 4.98 Å². The maximum Gasteiger partial charge on any atom is 0.267 e. The SMILES string of the molecule is CCC(CC)NC(=O)Cn1c(C)ncc(I)c1=O. The van der Waals surface area contributed by atoms with Gasteiger partial charge in [-0.15, -0.1) is 0 Å². The van der Waals surface area contributed by atoms with E-state index in [-0.39, 0.29) is 24.1 Å². The number of rotatable bonds is 5. The summed E-state index contributed by atoms with van der Waals surface area (Å²) in [7, 11) is 0. The predicted octanol–water partition coefficient (Wildman–Crippen LogP) is 1.46. The lowest BCUT2D eigenvalue weighted by Gasteiger charge is -2.16. The Kier molecular flexibility index (Phi) is 5.77. The van der Waals surface area contributed by atoms with Gasteiger partial charge in [0.05, 0.1) is 3.57 Å². The van der Waals surface area contributed by atoms with E-state index < -0.39 is 0 Å². The Labute approximate surface area is 120 Å². The zero-order chi connectivity index (χ0) is 13.7. The molecule has 0 atom stereocenters. The van der Waals surface area contributed by atoms with Crippen molar-refractivity contribution in [2.45, 2.75) is 46.2 Å². The van der Waals surface area contributed by atoms with E-state index in [0.29, 0.717) is 9.39 Å². The van der Waals surface area contributed by atoms with Crippen LogP contribution in [0.5, 0.6) is 0 Å². The molecule has 1 aromatic rings. The highest BCUT2D eigenvalue weighted by Crippen LogP contribution is 1.99. The number of carbonyl (C=O) groups is 1. The summed E-state index contributed by atoms with van der Waals surface area (Å²) >= 11 is 1.93. The Morgan fingerprint density at radius 2 is 2.11 bits per heavy atom. The normalized spacial score (nSPS) is 10.7. The second kappa shape index (κ2) is 6.86. The molecule has 0 saturated carbocycles. The van der Waals surface area contributed by atoms with Crippen molar-refractivity contribution < 1.29 is 4.79 Å². The van der Waals surface area contributed by atoms with Crippen LogP contribution in [0.4, 0.5) is 0 Å². The molecule has 18 heavy (non-hydrogen) atoms. The average molecular weight is 363 g/mol. The van der Waals surface area contributed by atoms with Crippen LogP contribution < -0.4 is 10.9 Å². The van der Waals surface area contributed by atoms with Crippen LogP contribution in [0.3, 0.4) is 0 Å². The van der Waals surface area contributed by atoms with Gasteiger partial charge in [0.25, 0.3) is 5.56 Å². The quantitative estimate of drug-likeness (QED) is 0.806. The van der Waals surface area contributed by atoms with Crippen molar-refractivity contribution in [3.8, 4) is 0 Å². The van der Waals surface area contributed by atoms with Gasteiger partial charge in [-0.3, -0.25) is 14.2 Å². The number of hydrogen-bond donors (Lipinski definition) is 1. The van der Waals surface area contributed by atoms with Crippen molar-refractivity contribution in [2.75, 3.05) is 0 Å². The molecule has 0 aliphatic carbocycles. The van der Waals surface area contributed by atoms with Gasteiger partial charge in [-0.2, -0.15) is 0 Å². The third-order valence-electron chi connectivity index (χ3n) is 2.86. The molecule has 6 heteroatoms. The van der Waals surface area contributed by atoms with Crippen LogP contribution in [0.2, 0.25) is 0 Å². The van der Waals surface area contributed by atoms with Crippen LogP contribution in [-0.2, 0) is 11.3 Å². The van der Waals surface area contributed by atoms with Crippen LogP contribution in [0.1, 0.15) is 32.5 Å². The van der Waals surface area contributed by atoms with Gasteiger partial charge in [0.1, 0.15) is 12.4 Å². The van der Waals surface area contributed by atoms with E-state index in [1.165, 1.54) is 10.8 Å². The van der Waals surface area contributed by atoms with E-state index in [0.717, 1.165) is 12.8 Å². The summed E-state index contributed by atoms with van der Waals surface area (Å²) in [4.78, 5) is 27.8. The Morgan fingerprint density at radius 1 is 1.50 bits per heavy atom. The minimum Gasteiger partial charge on any atom is -0.352 e. The van der Waals surface area contributed by atoms with Gasteiger partial charge < -0.3 is 5.32 Å². The summed E-state index contributed by atoms with van der Waals surface area (Å²) < 4.78 is 1.92. The van der Waals surface area contributed by atoms with E-state index in [1.54, 1.807) is 6.92 Å². The second-order valence-electron chi connectivity index (χ2n) is 4.13. The molecule has 0 unspecified atom stereocenters. The lowest BCUT2D eigenvalue weighted by atomic mass is 10.2. The third-order valence-corrected chi connectivity index (χ3v) is 3.60. The number of aryl methyl sites for hydroxylation is 1. The molecular weight excluding hydrogens is 345 g/mol. The molecule has 0 bridgehead atoms. The van der Waals surface area contributed by atoms with Crippen LogP contribution in [0.25, 0.3) is 0 Å². The fraction of sp³-hybridized carbons (Fsp3) is 0.583. The number of carbonyl (C=O) groups excluding carboxylic acids is 1. The molecule has 1 heterocycles. The lowest BCUT2D eigenvalue weighted by Crippen LogP contribution is -2.39. The van der Waals surface area contributed by atoms with Gasteiger partial charge in [-0.05, 0) is 42.4 Å². The molecule has 0 fully saturated rings. The Morgan fingerprint density at radius 3 is 2.67 bits per heavy atom. The highest BCUT2D eigenvalue weighted by molar-refractivity contribution is 14.1. The average Bonchev–Trinajstić information content (AvgIpc) is 2.36. The molecule has 5 nitrogen and oxygen atoms in total. The van der Waals surface area contributed by atoms with Gasteiger partial charge in [0.2, 0.25) is 5.91 Å². The number of nitrogens with one attached hydrogen (secondary N) is 1. The van der Waals surface area contributed by atoms with Crippen molar-refractivity contribution in [1.29, 1.82) is 0 Å². The highest BCUT2D eigenvalue weighted by Gasteiger charge is 2.12. The van der Waals surface area contributed by atoms with Crippen molar-refractivity contribution in [3.05, 3.63) is 25.9 Å². The molecule has 1 aromatic heterocycles. The minimum atomic E-state index is -0.164. The first-order valence-electron chi connectivity index (χ1n) is 6.00. The molecule has 0 aliphatic heterocycles. The van der Waals surface area contributed by atoms with Crippen LogP contribution in [0.15, 0.2) is 11.0 Å². The summed E-state index contributed by atoms with van der Waals surface area (Å²) in [6, 6.07) is 0.171. The summed E-state index contributed by atoms with van der Waals surface area (Å²) in [6.07, 6.45) is 3.30. The summed E-state index contributed by atoms with van der Waals surface area (Å²) in [6.45, 7) is 5.81. The van der Waals surface area contributed by atoms with E-state index in [2.05, 4.69) is 10.3 Å². The zero-order valence-corrected chi connectivity index (χ0v) is 13.0. The Bertz CT molecular complexity index is 481. The highest BCUT2D eigenvalue weighted by atomic mass is 127. The molecular formula is C12H18IN3O2. The first kappa shape index (κ1) is 15.1. The molecule has 0 aliphatic rings. The number of halogens is 1. The van der Waals surface area contributed by atoms with Crippen molar-refractivity contribution >= 4 is 28.5 Å². The summed E-state index contributed by atoms with van der Waals surface area (Å²) in [5.74, 6) is 0.415. The lowest BCUT2D eigenvalue weighted by molar-refractivity contribution is -0.122. The maximum absolute atomic E-state index is 11.9. The van der Waals surface area contributed by atoms with Crippen molar-refractivity contribution in [1.82, 2.24) is 14.9 Å². The number of amides is 1. The minimum absolute atomic E-state index is 0.0327. The van der Waals surface area contributed by atoms with Crippen LogP contribution in [-0.4, -0.2) is 21.5 Å². The zero-order valence-electron chi connectivity index (χ0n) is 10.9. The molecule has 1 rings (SSSR count). The summed E-state index contributed by atoms with van der Waals surface area (Å²) in [5.41, 5.74) is -0.164.